The molecule has 74 valence electrons. The lowest BCUT2D eigenvalue weighted by atomic mass is 10.3. The highest BCUT2D eigenvalue weighted by Gasteiger charge is 2.39. The van der Waals surface area contributed by atoms with Gasteiger partial charge in [-0.2, -0.15) is 5.48 Å². The topological polar surface area (TPSA) is 47.6 Å². The predicted molar refractivity (Wildman–Crippen MR) is 49.1 cm³/mol. The van der Waals surface area contributed by atoms with Gasteiger partial charge < -0.3 is 4.52 Å². The Morgan fingerprint density at radius 3 is 2.17 bits per heavy atom. The summed E-state index contributed by atoms with van der Waals surface area (Å²) in [4.78, 5) is 0. The predicted octanol–water partition coefficient (Wildman–Crippen LogP) is 2.17. The molecule has 0 aliphatic heterocycles. The minimum atomic E-state index is -3.01. The first-order valence-corrected chi connectivity index (χ1v) is 5.49. The molecule has 0 spiro atoms. The van der Waals surface area contributed by atoms with Gasteiger partial charge in [-0.25, -0.2) is 4.62 Å². The van der Waals surface area contributed by atoms with Gasteiger partial charge >= 0.3 is 7.60 Å². The van der Waals surface area contributed by atoms with Crippen molar-refractivity contribution in [1.82, 2.24) is 5.48 Å². The van der Waals surface area contributed by atoms with Gasteiger partial charge in [0.15, 0.2) is 0 Å². The highest BCUT2D eigenvalue weighted by molar-refractivity contribution is 7.55. The van der Waals surface area contributed by atoms with Crippen molar-refractivity contribution in [3.8, 4) is 0 Å². The third-order valence-corrected chi connectivity index (χ3v) is 3.88. The molecule has 0 amide bonds. The van der Waals surface area contributed by atoms with Crippen LogP contribution in [-0.2, 0) is 13.7 Å². The van der Waals surface area contributed by atoms with Crippen molar-refractivity contribution in [2.24, 2.45) is 0 Å². The third-order valence-electron chi connectivity index (χ3n) is 1.39. The maximum absolute atomic E-state index is 11.9. The first-order valence-electron chi connectivity index (χ1n) is 3.94. The molecule has 0 rings (SSSR count). The first kappa shape index (κ1) is 12.1. The molecule has 0 heterocycles. The summed E-state index contributed by atoms with van der Waals surface area (Å²) in [6.07, 6.45) is 0. The molecular weight excluding hydrogens is 177 g/mol. The summed E-state index contributed by atoms with van der Waals surface area (Å²) in [7, 11) is -1.62. The van der Waals surface area contributed by atoms with Crippen molar-refractivity contribution in [1.29, 1.82) is 0 Å². The molecule has 0 aromatic heterocycles. The second-order valence-corrected chi connectivity index (χ2v) is 6.32. The zero-order valence-corrected chi connectivity index (χ0v) is 9.27. The van der Waals surface area contributed by atoms with Crippen LogP contribution in [0, 0.1) is 0 Å². The van der Waals surface area contributed by atoms with E-state index in [1.165, 1.54) is 7.11 Å². The number of rotatable bonds is 4. The van der Waals surface area contributed by atoms with E-state index in [0.29, 0.717) is 6.54 Å². The van der Waals surface area contributed by atoms with E-state index < -0.39 is 12.8 Å². The highest BCUT2D eigenvalue weighted by atomic mass is 31.2. The van der Waals surface area contributed by atoms with Crippen LogP contribution in [0.25, 0.3) is 0 Å². The van der Waals surface area contributed by atoms with Crippen molar-refractivity contribution >= 4 is 7.60 Å². The Hall–Kier alpha value is 0.110. The molecule has 1 unspecified atom stereocenters. The molecule has 1 atom stereocenters. The summed E-state index contributed by atoms with van der Waals surface area (Å²) in [6, 6.07) is 0. The van der Waals surface area contributed by atoms with E-state index in [-0.39, 0.29) is 0 Å². The van der Waals surface area contributed by atoms with Crippen LogP contribution in [-0.4, -0.2) is 18.8 Å². The molecule has 0 saturated heterocycles. The standard InChI is InChI=1S/C7H18NO3P/c1-6-8-11-12(9,10-5)7(2,3)4/h8H,6H2,1-5H3. The Balaban J connectivity index is 4.36. The summed E-state index contributed by atoms with van der Waals surface area (Å²) >= 11 is 0. The molecule has 0 aliphatic rings. The molecule has 5 heteroatoms. The number of hydrogen-bond donors (Lipinski definition) is 1. The fourth-order valence-corrected chi connectivity index (χ4v) is 1.79. The number of hydroxylamine groups is 1. The minimum Gasteiger partial charge on any atom is -0.311 e. The van der Waals surface area contributed by atoms with E-state index in [1.54, 1.807) is 0 Å². The molecule has 4 nitrogen and oxygen atoms in total. The average Bonchev–Trinajstić information content (AvgIpc) is 1.98. The summed E-state index contributed by atoms with van der Waals surface area (Å²) in [6.45, 7) is 7.91. The summed E-state index contributed by atoms with van der Waals surface area (Å²) < 4.78 is 21.7. The molecular formula is C7H18NO3P. The van der Waals surface area contributed by atoms with E-state index in [9.17, 15) is 4.57 Å². The molecule has 0 aromatic rings. The van der Waals surface area contributed by atoms with Gasteiger partial charge in [-0.3, -0.25) is 4.57 Å². The average molecular weight is 195 g/mol. The Kier molecular flexibility index (Phi) is 4.42. The van der Waals surface area contributed by atoms with Crippen LogP contribution in [0.3, 0.4) is 0 Å². The van der Waals surface area contributed by atoms with Crippen LogP contribution in [0.1, 0.15) is 27.7 Å². The smallest absolute Gasteiger partial charge is 0.311 e. The van der Waals surface area contributed by atoms with Crippen LogP contribution in [0.4, 0.5) is 0 Å². The molecule has 0 radical (unpaired) electrons. The van der Waals surface area contributed by atoms with E-state index in [1.807, 2.05) is 27.7 Å². The van der Waals surface area contributed by atoms with E-state index in [2.05, 4.69) is 5.48 Å². The fraction of sp³-hybridized carbons (Fsp3) is 1.00. The van der Waals surface area contributed by atoms with Crippen molar-refractivity contribution in [2.75, 3.05) is 13.7 Å². The maximum atomic E-state index is 11.9. The first-order chi connectivity index (χ1) is 5.37. The van der Waals surface area contributed by atoms with E-state index in [0.717, 1.165) is 0 Å². The second kappa shape index (κ2) is 4.38. The Morgan fingerprint density at radius 1 is 1.42 bits per heavy atom. The minimum absolute atomic E-state index is 0.496. The number of hydrogen-bond acceptors (Lipinski definition) is 4. The normalized spacial score (nSPS) is 17.4. The van der Waals surface area contributed by atoms with Gasteiger partial charge in [0.25, 0.3) is 0 Å². The van der Waals surface area contributed by atoms with Crippen molar-refractivity contribution in [3.63, 3.8) is 0 Å². The fourth-order valence-electron chi connectivity index (χ4n) is 0.598. The van der Waals surface area contributed by atoms with Crippen LogP contribution in [0.2, 0.25) is 0 Å². The Labute approximate surface area is 74.1 Å². The molecule has 0 saturated carbocycles. The third kappa shape index (κ3) is 2.87. The van der Waals surface area contributed by atoms with Crippen LogP contribution >= 0.6 is 7.60 Å². The number of nitrogens with one attached hydrogen (secondary N) is 1. The molecule has 1 N–H and O–H groups in total. The second-order valence-electron chi connectivity index (χ2n) is 3.44. The molecule has 0 fully saturated rings. The largest absolute Gasteiger partial charge is 0.351 e. The summed E-state index contributed by atoms with van der Waals surface area (Å²) in [5, 5.41) is -0.496. The van der Waals surface area contributed by atoms with Crippen molar-refractivity contribution in [3.05, 3.63) is 0 Å². The maximum Gasteiger partial charge on any atom is 0.351 e. The van der Waals surface area contributed by atoms with E-state index in [4.69, 9.17) is 9.15 Å². The van der Waals surface area contributed by atoms with Gasteiger partial charge in [0.05, 0.1) is 5.16 Å². The SMILES string of the molecule is CCNOP(=O)(OC)C(C)(C)C. The van der Waals surface area contributed by atoms with Gasteiger partial charge in [0, 0.05) is 13.7 Å². The highest BCUT2D eigenvalue weighted by Crippen LogP contribution is 2.58. The zero-order valence-electron chi connectivity index (χ0n) is 8.38. The van der Waals surface area contributed by atoms with Gasteiger partial charge in [-0.05, 0) is 20.8 Å². The van der Waals surface area contributed by atoms with Crippen molar-refractivity contribution in [2.45, 2.75) is 32.9 Å². The zero-order chi connectivity index (χ0) is 9.83. The van der Waals surface area contributed by atoms with E-state index >= 15 is 0 Å². The molecule has 0 bridgehead atoms. The van der Waals surface area contributed by atoms with Gasteiger partial charge in [0.2, 0.25) is 0 Å². The van der Waals surface area contributed by atoms with Gasteiger partial charge in [-0.15, -0.1) is 0 Å². The lowest BCUT2D eigenvalue weighted by Crippen LogP contribution is -2.23. The van der Waals surface area contributed by atoms with Crippen LogP contribution in [0.15, 0.2) is 0 Å². The molecule has 12 heavy (non-hydrogen) atoms. The Morgan fingerprint density at radius 2 is 1.92 bits per heavy atom. The van der Waals surface area contributed by atoms with Crippen LogP contribution in [0.5, 0.6) is 0 Å². The summed E-state index contributed by atoms with van der Waals surface area (Å²) in [5.74, 6) is 0. The molecule has 0 aliphatic carbocycles. The Bertz CT molecular complexity index is 176. The van der Waals surface area contributed by atoms with Crippen molar-refractivity contribution < 1.29 is 13.7 Å². The van der Waals surface area contributed by atoms with Gasteiger partial charge in [0.1, 0.15) is 0 Å². The van der Waals surface area contributed by atoms with Gasteiger partial charge in [-0.1, -0.05) is 6.92 Å². The van der Waals surface area contributed by atoms with Crippen LogP contribution < -0.4 is 5.48 Å². The lowest BCUT2D eigenvalue weighted by Gasteiger charge is -2.27. The quantitative estimate of drug-likeness (QED) is 0.551. The molecule has 0 aromatic carbocycles. The lowest BCUT2D eigenvalue weighted by molar-refractivity contribution is 0.146. The monoisotopic (exact) mass is 195 g/mol. The summed E-state index contributed by atoms with van der Waals surface area (Å²) in [5.41, 5.74) is 2.56.